The first kappa shape index (κ1) is 21.7. The first-order chi connectivity index (χ1) is 14.9. The van der Waals surface area contributed by atoms with Crippen molar-refractivity contribution >= 4 is 5.96 Å². The highest BCUT2D eigenvalue weighted by Crippen LogP contribution is 2.39. The van der Waals surface area contributed by atoms with Crippen molar-refractivity contribution in [2.24, 2.45) is 5.73 Å². The molecule has 31 heavy (non-hydrogen) atoms. The number of ether oxygens (including phenoxy) is 1. The molecule has 0 saturated carbocycles. The maximum Gasteiger partial charge on any atom is 0.203 e. The van der Waals surface area contributed by atoms with Gasteiger partial charge in [-0.3, -0.25) is 10.3 Å². The number of fused-ring (bicyclic) bond motifs is 1. The van der Waals surface area contributed by atoms with Crippen LogP contribution in [-0.4, -0.2) is 27.8 Å². The van der Waals surface area contributed by atoms with Crippen LogP contribution in [0, 0.1) is 5.41 Å². The van der Waals surface area contributed by atoms with Gasteiger partial charge in [0.2, 0.25) is 5.96 Å². The van der Waals surface area contributed by atoms with E-state index in [9.17, 15) is 0 Å². The Morgan fingerprint density at radius 1 is 1.00 bits per heavy atom. The van der Waals surface area contributed by atoms with E-state index in [0.29, 0.717) is 18.0 Å². The molecule has 1 saturated heterocycles. The van der Waals surface area contributed by atoms with Gasteiger partial charge in [0.05, 0.1) is 6.20 Å². The Bertz CT molecular complexity index is 917. The second-order valence-corrected chi connectivity index (χ2v) is 9.40. The summed E-state index contributed by atoms with van der Waals surface area (Å²) in [6, 6.07) is 9.16. The molecule has 0 bridgehead atoms. The van der Waals surface area contributed by atoms with Crippen LogP contribution >= 0.6 is 0 Å². The number of hydrogen-bond donors (Lipinski definition) is 2. The minimum absolute atomic E-state index is 0.0102. The van der Waals surface area contributed by atoms with E-state index in [1.807, 2.05) is 23.2 Å². The molecule has 3 unspecified atom stereocenters. The summed E-state index contributed by atoms with van der Waals surface area (Å²) in [7, 11) is 0. The molecule has 4 atom stereocenters. The van der Waals surface area contributed by atoms with Crippen LogP contribution in [0.5, 0.6) is 0 Å². The smallest absolute Gasteiger partial charge is 0.203 e. The third-order valence-corrected chi connectivity index (χ3v) is 6.86. The zero-order valence-corrected chi connectivity index (χ0v) is 19.3. The van der Waals surface area contributed by atoms with Gasteiger partial charge in [-0.2, -0.15) is 0 Å². The number of nitrogens with two attached hydrogens (primary N) is 1. The molecule has 1 aliphatic carbocycles. The van der Waals surface area contributed by atoms with E-state index in [0.717, 1.165) is 37.1 Å². The Labute approximate surface area is 186 Å². The number of hydrogen-bond acceptors (Lipinski definition) is 3. The minimum atomic E-state index is -0.0102. The van der Waals surface area contributed by atoms with Crippen molar-refractivity contribution < 1.29 is 4.74 Å². The molecule has 5 heteroatoms. The fourth-order valence-corrected chi connectivity index (χ4v) is 5.17. The van der Waals surface area contributed by atoms with Crippen molar-refractivity contribution in [2.45, 2.75) is 84.0 Å². The van der Waals surface area contributed by atoms with Gasteiger partial charge in [0.15, 0.2) is 0 Å². The second kappa shape index (κ2) is 8.91. The van der Waals surface area contributed by atoms with Crippen LogP contribution in [0.4, 0.5) is 0 Å². The van der Waals surface area contributed by atoms with E-state index in [4.69, 9.17) is 15.9 Å². The number of guanidine groups is 1. The molecule has 4 rings (SSSR count). The quantitative estimate of drug-likeness (QED) is 0.473. The van der Waals surface area contributed by atoms with Crippen LogP contribution in [0.15, 0.2) is 59.6 Å². The molecule has 2 heterocycles. The van der Waals surface area contributed by atoms with E-state index >= 15 is 0 Å². The third kappa shape index (κ3) is 4.29. The summed E-state index contributed by atoms with van der Waals surface area (Å²) in [5.74, 6) is 1.33. The molecule has 1 aromatic carbocycles. The van der Waals surface area contributed by atoms with Crippen LogP contribution in [0.25, 0.3) is 0 Å². The van der Waals surface area contributed by atoms with Crippen molar-refractivity contribution in [3.8, 4) is 0 Å². The van der Waals surface area contributed by atoms with E-state index < -0.39 is 0 Å². The van der Waals surface area contributed by atoms with Crippen LogP contribution < -0.4 is 5.73 Å². The van der Waals surface area contributed by atoms with Gasteiger partial charge in [-0.15, -0.1) is 0 Å². The fourth-order valence-electron chi connectivity index (χ4n) is 5.17. The zero-order valence-electron chi connectivity index (χ0n) is 19.3. The van der Waals surface area contributed by atoms with Crippen molar-refractivity contribution in [3.05, 3.63) is 70.8 Å². The summed E-state index contributed by atoms with van der Waals surface area (Å²) in [6.07, 6.45) is 11.4. The molecule has 1 aromatic rings. The number of nitrogens with zero attached hydrogens (tertiary/aromatic N) is 2. The summed E-state index contributed by atoms with van der Waals surface area (Å²) in [6.45, 7) is 8.66. The van der Waals surface area contributed by atoms with Gasteiger partial charge in [0.25, 0.3) is 0 Å². The topological polar surface area (TPSA) is 65.6 Å². The monoisotopic (exact) mass is 420 g/mol. The average Bonchev–Trinajstić information content (AvgIpc) is 2.75. The molecule has 0 amide bonds. The maximum absolute atomic E-state index is 9.08. The summed E-state index contributed by atoms with van der Waals surface area (Å²) in [5, 5.41) is 9.08. The zero-order chi connectivity index (χ0) is 22.1. The molecule has 5 nitrogen and oxygen atoms in total. The standard InChI is InChI=1S/C26H36N4O/c1-17(2)24-14-12-20(16-29(24)26(28)30-18(3)8-7-9-19(30)4)31-25-15-13-23(27)21-10-5-6-11-22(21)25/h5-6,10-12,14,16,18-19,23,25,28H,7-9,13,15,27H2,1-4H3/t18-,19?,23?,25?/m0/s1. The van der Waals surface area contributed by atoms with Crippen LogP contribution in [0.1, 0.15) is 83.1 Å². The lowest BCUT2D eigenvalue weighted by Gasteiger charge is -2.44. The first-order valence-electron chi connectivity index (χ1n) is 11.6. The van der Waals surface area contributed by atoms with Crippen molar-refractivity contribution in [1.82, 2.24) is 9.80 Å². The van der Waals surface area contributed by atoms with Gasteiger partial charge in [-0.25, -0.2) is 0 Å². The van der Waals surface area contributed by atoms with E-state index in [-0.39, 0.29) is 12.1 Å². The van der Waals surface area contributed by atoms with Gasteiger partial charge in [0, 0.05) is 23.8 Å². The molecular weight excluding hydrogens is 384 g/mol. The van der Waals surface area contributed by atoms with Crippen LogP contribution in [0.2, 0.25) is 0 Å². The summed E-state index contributed by atoms with van der Waals surface area (Å²) in [4.78, 5) is 4.26. The predicted octanol–water partition coefficient (Wildman–Crippen LogP) is 5.74. The highest BCUT2D eigenvalue weighted by Gasteiger charge is 2.32. The van der Waals surface area contributed by atoms with Crippen LogP contribution in [-0.2, 0) is 4.74 Å². The molecule has 0 radical (unpaired) electrons. The lowest BCUT2D eigenvalue weighted by Crippen LogP contribution is -2.52. The molecule has 3 aliphatic rings. The Morgan fingerprint density at radius 3 is 2.35 bits per heavy atom. The molecule has 1 fully saturated rings. The lowest BCUT2D eigenvalue weighted by atomic mass is 9.86. The van der Waals surface area contributed by atoms with Gasteiger partial charge < -0.3 is 15.4 Å². The SMILES string of the molecule is CC(C)=C1C=CC(OC2CCC(N)c3ccccc32)=CN1C(=N)N1C(C)CCC[C@@H]1C. The largest absolute Gasteiger partial charge is 0.484 e. The predicted molar refractivity (Wildman–Crippen MR) is 126 cm³/mol. The summed E-state index contributed by atoms with van der Waals surface area (Å²) in [5.41, 5.74) is 10.9. The average molecular weight is 421 g/mol. The lowest BCUT2D eigenvalue weighted by molar-refractivity contribution is 0.101. The molecular formula is C26H36N4O. The normalized spacial score (nSPS) is 28.2. The van der Waals surface area contributed by atoms with Crippen molar-refractivity contribution in [1.29, 1.82) is 5.41 Å². The second-order valence-electron chi connectivity index (χ2n) is 9.40. The Kier molecular flexibility index (Phi) is 6.24. The molecule has 166 valence electrons. The number of rotatable bonds is 2. The molecule has 3 N–H and O–H groups in total. The van der Waals surface area contributed by atoms with E-state index in [1.165, 1.54) is 23.1 Å². The van der Waals surface area contributed by atoms with Crippen molar-refractivity contribution in [3.63, 3.8) is 0 Å². The third-order valence-electron chi connectivity index (χ3n) is 6.86. The number of allylic oxidation sites excluding steroid dienone is 3. The number of piperidine rings is 1. The summed E-state index contributed by atoms with van der Waals surface area (Å²) >= 11 is 0. The van der Waals surface area contributed by atoms with Crippen LogP contribution in [0.3, 0.4) is 0 Å². The molecule has 0 spiro atoms. The van der Waals surface area contributed by atoms with E-state index in [1.54, 1.807) is 0 Å². The Morgan fingerprint density at radius 2 is 1.68 bits per heavy atom. The highest BCUT2D eigenvalue weighted by atomic mass is 16.5. The van der Waals surface area contributed by atoms with Gasteiger partial charge in [-0.05, 0) is 83.1 Å². The van der Waals surface area contributed by atoms with Gasteiger partial charge in [-0.1, -0.05) is 29.8 Å². The Hall–Kier alpha value is -2.53. The Balaban J connectivity index is 1.61. The highest BCUT2D eigenvalue weighted by molar-refractivity contribution is 5.82. The molecule has 0 aromatic heterocycles. The van der Waals surface area contributed by atoms with E-state index in [2.05, 4.69) is 56.9 Å². The fraction of sp³-hybridized carbons (Fsp3) is 0.500. The first-order valence-corrected chi connectivity index (χ1v) is 11.6. The van der Waals surface area contributed by atoms with Gasteiger partial charge in [0.1, 0.15) is 11.9 Å². The van der Waals surface area contributed by atoms with Gasteiger partial charge >= 0.3 is 0 Å². The van der Waals surface area contributed by atoms with Crippen molar-refractivity contribution in [2.75, 3.05) is 0 Å². The maximum atomic E-state index is 9.08. The minimum Gasteiger partial charge on any atom is -0.484 e. The summed E-state index contributed by atoms with van der Waals surface area (Å²) < 4.78 is 6.50. The number of nitrogens with one attached hydrogen (secondary N) is 1. The number of likely N-dealkylation sites (tertiary alicyclic amines) is 1. The molecule has 2 aliphatic heterocycles. The number of benzene rings is 1.